The molecule has 1 amide bonds. The third-order valence-corrected chi connectivity index (χ3v) is 3.90. The lowest BCUT2D eigenvalue weighted by molar-refractivity contribution is -0.384. The molecule has 3 rings (SSSR count). The van der Waals surface area contributed by atoms with Crippen LogP contribution < -0.4 is 5.32 Å². The minimum Gasteiger partial charge on any atom is -0.465 e. The highest BCUT2D eigenvalue weighted by Gasteiger charge is 2.18. The van der Waals surface area contributed by atoms with Gasteiger partial charge in [0.2, 0.25) is 0 Å². The van der Waals surface area contributed by atoms with Crippen LogP contribution in [0, 0.1) is 10.1 Å². The lowest BCUT2D eigenvalue weighted by Gasteiger charge is -2.14. The summed E-state index contributed by atoms with van der Waals surface area (Å²) in [5, 5.41) is 22.3. The molecule has 0 fully saturated rings. The van der Waals surface area contributed by atoms with Crippen molar-refractivity contribution in [3.05, 3.63) is 82.3 Å². The summed E-state index contributed by atoms with van der Waals surface area (Å²) in [6.45, 7) is 0. The molecule has 0 spiro atoms. The molecular formula is C18H16N4O4. The van der Waals surface area contributed by atoms with Gasteiger partial charge in [-0.05, 0) is 17.7 Å². The SMILES string of the molecule is O=C(O)NC(Cc1ccccc1)c1ncc(-c2ccc([N+](=O)[O-])cc2)[nH]1. The summed E-state index contributed by atoms with van der Waals surface area (Å²) >= 11 is 0. The van der Waals surface area contributed by atoms with E-state index in [1.165, 1.54) is 12.1 Å². The Morgan fingerprint density at radius 1 is 1.19 bits per heavy atom. The summed E-state index contributed by atoms with van der Waals surface area (Å²) in [4.78, 5) is 28.8. The van der Waals surface area contributed by atoms with Gasteiger partial charge in [0.05, 0.1) is 22.9 Å². The van der Waals surface area contributed by atoms with E-state index in [1.54, 1.807) is 18.3 Å². The molecule has 0 saturated heterocycles. The first-order valence-electron chi connectivity index (χ1n) is 7.86. The Balaban J connectivity index is 1.84. The number of amides is 1. The first-order valence-corrected chi connectivity index (χ1v) is 7.86. The first-order chi connectivity index (χ1) is 12.5. The predicted octanol–water partition coefficient (Wildman–Crippen LogP) is 3.54. The van der Waals surface area contributed by atoms with Gasteiger partial charge in [-0.1, -0.05) is 30.3 Å². The Bertz CT molecular complexity index is 906. The maximum absolute atomic E-state index is 11.1. The number of imidazole rings is 1. The van der Waals surface area contributed by atoms with Crippen molar-refractivity contribution in [2.75, 3.05) is 0 Å². The maximum atomic E-state index is 11.1. The second-order valence-corrected chi connectivity index (χ2v) is 5.68. The number of benzene rings is 2. The molecule has 1 atom stereocenters. The van der Waals surface area contributed by atoms with Gasteiger partial charge in [-0.3, -0.25) is 10.1 Å². The second-order valence-electron chi connectivity index (χ2n) is 5.68. The van der Waals surface area contributed by atoms with Gasteiger partial charge < -0.3 is 15.4 Å². The number of nitro benzene ring substituents is 1. The third-order valence-electron chi connectivity index (χ3n) is 3.90. The largest absolute Gasteiger partial charge is 0.465 e. The zero-order chi connectivity index (χ0) is 18.5. The molecule has 2 aromatic carbocycles. The topological polar surface area (TPSA) is 121 Å². The van der Waals surface area contributed by atoms with Gasteiger partial charge in [-0.25, -0.2) is 9.78 Å². The van der Waals surface area contributed by atoms with Gasteiger partial charge in [0, 0.05) is 24.1 Å². The molecule has 0 aliphatic heterocycles. The maximum Gasteiger partial charge on any atom is 0.405 e. The highest BCUT2D eigenvalue weighted by molar-refractivity contribution is 5.65. The molecule has 0 radical (unpaired) electrons. The lowest BCUT2D eigenvalue weighted by atomic mass is 10.1. The van der Waals surface area contributed by atoms with E-state index in [4.69, 9.17) is 5.11 Å². The number of carboxylic acid groups (broad SMARTS) is 1. The molecule has 0 saturated carbocycles. The van der Waals surface area contributed by atoms with Crippen LogP contribution in [-0.2, 0) is 6.42 Å². The molecular weight excluding hydrogens is 336 g/mol. The summed E-state index contributed by atoms with van der Waals surface area (Å²) in [6.07, 6.45) is 0.887. The van der Waals surface area contributed by atoms with Crippen molar-refractivity contribution in [1.29, 1.82) is 0 Å². The Labute approximate surface area is 148 Å². The van der Waals surface area contributed by atoms with Crippen LogP contribution in [0.4, 0.5) is 10.5 Å². The van der Waals surface area contributed by atoms with Crippen molar-refractivity contribution in [3.8, 4) is 11.3 Å². The van der Waals surface area contributed by atoms with Crippen LogP contribution in [0.1, 0.15) is 17.4 Å². The van der Waals surface area contributed by atoms with Gasteiger partial charge >= 0.3 is 6.09 Å². The molecule has 0 bridgehead atoms. The van der Waals surface area contributed by atoms with Crippen LogP contribution >= 0.6 is 0 Å². The fourth-order valence-electron chi connectivity index (χ4n) is 2.64. The quantitative estimate of drug-likeness (QED) is 0.463. The second kappa shape index (κ2) is 7.47. The van der Waals surface area contributed by atoms with E-state index in [2.05, 4.69) is 15.3 Å². The van der Waals surface area contributed by atoms with Crippen molar-refractivity contribution >= 4 is 11.8 Å². The summed E-state index contributed by atoms with van der Waals surface area (Å²) in [7, 11) is 0. The van der Waals surface area contributed by atoms with Crippen LogP contribution in [0.15, 0.2) is 60.8 Å². The highest BCUT2D eigenvalue weighted by atomic mass is 16.6. The third kappa shape index (κ3) is 4.04. The van der Waals surface area contributed by atoms with Gasteiger partial charge in [0.25, 0.3) is 5.69 Å². The Morgan fingerprint density at radius 2 is 1.88 bits per heavy atom. The van der Waals surface area contributed by atoms with Crippen molar-refractivity contribution in [3.63, 3.8) is 0 Å². The summed E-state index contributed by atoms with van der Waals surface area (Å²) in [5.74, 6) is 0.476. The van der Waals surface area contributed by atoms with Crippen molar-refractivity contribution in [2.24, 2.45) is 0 Å². The summed E-state index contributed by atoms with van der Waals surface area (Å²) in [5.41, 5.74) is 2.35. The fraction of sp³-hybridized carbons (Fsp3) is 0.111. The number of non-ortho nitro benzene ring substituents is 1. The van der Waals surface area contributed by atoms with Gasteiger partial charge in [-0.15, -0.1) is 0 Å². The smallest absolute Gasteiger partial charge is 0.405 e. The minimum absolute atomic E-state index is 0.00277. The van der Waals surface area contributed by atoms with E-state index >= 15 is 0 Å². The molecule has 132 valence electrons. The number of aromatic amines is 1. The molecule has 3 N–H and O–H groups in total. The van der Waals surface area contributed by atoms with Crippen LogP contribution in [0.3, 0.4) is 0 Å². The molecule has 1 heterocycles. The lowest BCUT2D eigenvalue weighted by Crippen LogP contribution is -2.29. The van der Waals surface area contributed by atoms with Crippen LogP contribution in [-0.4, -0.2) is 26.1 Å². The molecule has 26 heavy (non-hydrogen) atoms. The number of nitrogens with one attached hydrogen (secondary N) is 2. The fourth-order valence-corrected chi connectivity index (χ4v) is 2.64. The average Bonchev–Trinajstić information content (AvgIpc) is 3.12. The Kier molecular flexibility index (Phi) is 4.93. The summed E-state index contributed by atoms with van der Waals surface area (Å²) in [6, 6.07) is 15.0. The van der Waals surface area contributed by atoms with Crippen LogP contribution in [0.5, 0.6) is 0 Å². The predicted molar refractivity (Wildman–Crippen MR) is 94.7 cm³/mol. The number of rotatable bonds is 6. The number of hydrogen-bond acceptors (Lipinski definition) is 4. The summed E-state index contributed by atoms with van der Waals surface area (Å²) < 4.78 is 0. The number of carbonyl (C=O) groups is 1. The van der Waals surface area contributed by atoms with Crippen LogP contribution in [0.2, 0.25) is 0 Å². The normalized spacial score (nSPS) is 11.7. The van der Waals surface area contributed by atoms with Crippen molar-refractivity contribution in [2.45, 2.75) is 12.5 Å². The molecule has 0 aliphatic carbocycles. The molecule has 0 aliphatic rings. The number of nitrogens with zero attached hydrogens (tertiary/aromatic N) is 2. The average molecular weight is 352 g/mol. The zero-order valence-corrected chi connectivity index (χ0v) is 13.6. The van der Waals surface area contributed by atoms with E-state index in [1.807, 2.05) is 30.3 Å². The highest BCUT2D eigenvalue weighted by Crippen LogP contribution is 2.23. The van der Waals surface area contributed by atoms with E-state index in [-0.39, 0.29) is 5.69 Å². The molecule has 1 aromatic heterocycles. The van der Waals surface area contributed by atoms with E-state index in [0.717, 1.165) is 11.1 Å². The number of hydrogen-bond donors (Lipinski definition) is 3. The molecule has 3 aromatic rings. The first kappa shape index (κ1) is 17.2. The van der Waals surface area contributed by atoms with Gasteiger partial charge in [0.1, 0.15) is 5.82 Å². The Morgan fingerprint density at radius 3 is 2.50 bits per heavy atom. The standard InChI is InChI=1S/C18H16N4O4/c23-18(24)21-15(10-12-4-2-1-3-5-12)17-19-11-16(20-17)13-6-8-14(9-7-13)22(25)26/h1-9,11,15,21H,10H2,(H,19,20)(H,23,24). The number of H-pyrrole nitrogens is 1. The number of nitro groups is 1. The van der Waals surface area contributed by atoms with E-state index < -0.39 is 17.1 Å². The minimum atomic E-state index is -1.14. The zero-order valence-electron chi connectivity index (χ0n) is 13.6. The van der Waals surface area contributed by atoms with Crippen LogP contribution in [0.25, 0.3) is 11.3 Å². The number of aromatic nitrogens is 2. The molecule has 8 nitrogen and oxygen atoms in total. The van der Waals surface area contributed by atoms with E-state index in [0.29, 0.717) is 17.9 Å². The van der Waals surface area contributed by atoms with Crippen molar-refractivity contribution < 1.29 is 14.8 Å². The van der Waals surface area contributed by atoms with Gasteiger partial charge in [0.15, 0.2) is 0 Å². The molecule has 8 heteroatoms. The van der Waals surface area contributed by atoms with Gasteiger partial charge in [-0.2, -0.15) is 0 Å². The van der Waals surface area contributed by atoms with Crippen molar-refractivity contribution in [1.82, 2.24) is 15.3 Å². The monoisotopic (exact) mass is 352 g/mol. The Hall–Kier alpha value is -3.68. The molecule has 1 unspecified atom stereocenters. The van der Waals surface area contributed by atoms with E-state index in [9.17, 15) is 14.9 Å².